The van der Waals surface area contributed by atoms with Crippen molar-refractivity contribution >= 4 is 12.1 Å². The van der Waals surface area contributed by atoms with Crippen molar-refractivity contribution in [3.05, 3.63) is 35.4 Å². The molecule has 27 heavy (non-hydrogen) atoms. The summed E-state index contributed by atoms with van der Waals surface area (Å²) in [5.74, 6) is -0.571. The van der Waals surface area contributed by atoms with Gasteiger partial charge in [0.05, 0.1) is 0 Å². The van der Waals surface area contributed by atoms with Gasteiger partial charge in [-0.3, -0.25) is 4.79 Å². The van der Waals surface area contributed by atoms with Crippen LogP contribution in [0, 0.1) is 5.92 Å². The summed E-state index contributed by atoms with van der Waals surface area (Å²) in [6.45, 7) is 6.33. The molecule has 0 aromatic heterocycles. The first-order valence-electron chi connectivity index (χ1n) is 9.75. The topological polar surface area (TPSA) is 87.7 Å². The summed E-state index contributed by atoms with van der Waals surface area (Å²) in [6.07, 6.45) is 4.93. The van der Waals surface area contributed by atoms with Crippen LogP contribution in [0.25, 0.3) is 0 Å². The van der Waals surface area contributed by atoms with E-state index in [-0.39, 0.29) is 5.92 Å². The van der Waals surface area contributed by atoms with Gasteiger partial charge in [-0.2, -0.15) is 0 Å². The van der Waals surface area contributed by atoms with E-state index in [1.807, 2.05) is 45.0 Å². The summed E-state index contributed by atoms with van der Waals surface area (Å²) >= 11 is 0. The lowest BCUT2D eigenvalue weighted by molar-refractivity contribution is -0.141. The van der Waals surface area contributed by atoms with Crippen LogP contribution in [0.4, 0.5) is 4.79 Å². The monoisotopic (exact) mass is 376 g/mol. The smallest absolute Gasteiger partial charge is 0.407 e. The summed E-state index contributed by atoms with van der Waals surface area (Å²) in [5, 5.41) is 15.5. The third-order valence-corrected chi connectivity index (χ3v) is 4.74. The molecular weight excluding hydrogens is 344 g/mol. The molecule has 0 radical (unpaired) electrons. The van der Waals surface area contributed by atoms with Crippen LogP contribution in [0.1, 0.15) is 64.0 Å². The van der Waals surface area contributed by atoms with Crippen LogP contribution < -0.4 is 10.6 Å². The van der Waals surface area contributed by atoms with Gasteiger partial charge in [-0.05, 0) is 50.7 Å². The van der Waals surface area contributed by atoms with Crippen LogP contribution in [-0.4, -0.2) is 28.8 Å². The molecule has 1 unspecified atom stereocenters. The van der Waals surface area contributed by atoms with E-state index in [0.29, 0.717) is 13.1 Å². The van der Waals surface area contributed by atoms with Crippen molar-refractivity contribution in [1.29, 1.82) is 0 Å². The number of ether oxygens (including phenoxy) is 1. The summed E-state index contributed by atoms with van der Waals surface area (Å²) in [5.41, 5.74) is 1.42. The fraction of sp³-hybridized carbons (Fsp3) is 0.619. The van der Waals surface area contributed by atoms with E-state index in [0.717, 1.165) is 36.8 Å². The lowest BCUT2D eigenvalue weighted by Gasteiger charge is -2.28. The van der Waals surface area contributed by atoms with Gasteiger partial charge in [0, 0.05) is 13.1 Å². The summed E-state index contributed by atoms with van der Waals surface area (Å²) < 4.78 is 5.23. The molecule has 1 aromatic rings. The van der Waals surface area contributed by atoms with E-state index in [1.54, 1.807) is 0 Å². The van der Waals surface area contributed by atoms with E-state index in [9.17, 15) is 14.7 Å². The van der Waals surface area contributed by atoms with E-state index in [4.69, 9.17) is 4.74 Å². The lowest BCUT2D eigenvalue weighted by Crippen LogP contribution is -2.43. The Hall–Kier alpha value is -2.08. The van der Waals surface area contributed by atoms with Crippen molar-refractivity contribution in [2.75, 3.05) is 0 Å². The largest absolute Gasteiger partial charge is 0.480 e. The second-order valence-corrected chi connectivity index (χ2v) is 8.27. The minimum absolute atomic E-state index is 0.202. The Morgan fingerprint density at radius 3 is 2.37 bits per heavy atom. The lowest BCUT2D eigenvalue weighted by atomic mass is 9.84. The van der Waals surface area contributed by atoms with Crippen molar-refractivity contribution < 1.29 is 19.4 Å². The van der Waals surface area contributed by atoms with Crippen LogP contribution in [0.5, 0.6) is 0 Å². The Bertz CT molecular complexity index is 633. The molecule has 3 N–H and O–H groups in total. The molecule has 0 bridgehead atoms. The molecule has 1 aliphatic rings. The van der Waals surface area contributed by atoms with Gasteiger partial charge in [-0.25, -0.2) is 4.79 Å². The molecule has 1 aliphatic carbocycles. The maximum atomic E-state index is 11.8. The molecule has 1 saturated carbocycles. The Morgan fingerprint density at radius 2 is 1.78 bits per heavy atom. The molecule has 6 heteroatoms. The highest BCUT2D eigenvalue weighted by Crippen LogP contribution is 2.26. The molecule has 2 rings (SSSR count). The van der Waals surface area contributed by atoms with Gasteiger partial charge in [0.15, 0.2) is 0 Å². The van der Waals surface area contributed by atoms with Gasteiger partial charge in [0.25, 0.3) is 0 Å². The van der Waals surface area contributed by atoms with Crippen molar-refractivity contribution in [3.63, 3.8) is 0 Å². The predicted octanol–water partition coefficient (Wildman–Crippen LogP) is 3.83. The third kappa shape index (κ3) is 7.59. The number of benzene rings is 1. The third-order valence-electron chi connectivity index (χ3n) is 4.74. The number of nitrogens with one attached hydrogen (secondary N) is 2. The van der Waals surface area contributed by atoms with Gasteiger partial charge >= 0.3 is 12.1 Å². The minimum Gasteiger partial charge on any atom is -0.480 e. The summed E-state index contributed by atoms with van der Waals surface area (Å²) in [6, 6.07) is 7.28. The van der Waals surface area contributed by atoms with Crippen LogP contribution in [0.2, 0.25) is 0 Å². The second kappa shape index (κ2) is 9.74. The molecule has 1 amide bonds. The Kier molecular flexibility index (Phi) is 7.66. The standard InChI is InChI=1S/C21H32N2O4/c1-21(2,3)27-20(26)23-14-16-9-7-8-15(12-16)13-22-18(19(24)25)17-10-5-4-6-11-17/h7-9,12,17-18,22H,4-6,10-11,13-14H2,1-3H3,(H,23,26)(H,24,25). The maximum Gasteiger partial charge on any atom is 0.407 e. The number of alkyl carbamates (subject to hydrolysis) is 1. The SMILES string of the molecule is CC(C)(C)OC(=O)NCc1cccc(CNC(C(=O)O)C2CCCCC2)c1. The number of carboxylic acids is 1. The normalized spacial score (nSPS) is 16.6. The predicted molar refractivity (Wildman–Crippen MR) is 104 cm³/mol. The Labute approximate surface area is 161 Å². The number of carbonyl (C=O) groups excluding carboxylic acids is 1. The molecule has 6 nitrogen and oxygen atoms in total. The average Bonchev–Trinajstić information content (AvgIpc) is 2.60. The molecular formula is C21H32N2O4. The number of rotatable bonds is 7. The van der Waals surface area contributed by atoms with Crippen molar-refractivity contribution in [1.82, 2.24) is 10.6 Å². The second-order valence-electron chi connectivity index (χ2n) is 8.27. The fourth-order valence-electron chi connectivity index (χ4n) is 3.49. The minimum atomic E-state index is -0.773. The molecule has 0 spiro atoms. The van der Waals surface area contributed by atoms with Gasteiger partial charge < -0.3 is 20.5 Å². The first kappa shape index (κ1) is 21.2. The number of amides is 1. The molecule has 0 heterocycles. The van der Waals surface area contributed by atoms with Crippen LogP contribution in [0.15, 0.2) is 24.3 Å². The number of carbonyl (C=O) groups is 2. The quantitative estimate of drug-likeness (QED) is 0.673. The first-order valence-corrected chi connectivity index (χ1v) is 9.75. The summed E-state index contributed by atoms with van der Waals surface area (Å²) in [7, 11) is 0. The van der Waals surface area contributed by atoms with Crippen molar-refractivity contribution in [2.24, 2.45) is 5.92 Å². The fourth-order valence-corrected chi connectivity index (χ4v) is 3.49. The zero-order chi connectivity index (χ0) is 19.9. The molecule has 1 aromatic carbocycles. The van der Waals surface area contributed by atoms with E-state index < -0.39 is 23.7 Å². The van der Waals surface area contributed by atoms with Gasteiger partial charge in [-0.1, -0.05) is 43.5 Å². The molecule has 150 valence electrons. The maximum absolute atomic E-state index is 11.8. The van der Waals surface area contributed by atoms with Crippen LogP contribution >= 0.6 is 0 Å². The van der Waals surface area contributed by atoms with E-state index >= 15 is 0 Å². The Morgan fingerprint density at radius 1 is 1.15 bits per heavy atom. The highest BCUT2D eigenvalue weighted by molar-refractivity contribution is 5.73. The molecule has 0 saturated heterocycles. The van der Waals surface area contributed by atoms with Gasteiger partial charge in [0.1, 0.15) is 11.6 Å². The number of carboxylic acid groups (broad SMARTS) is 1. The Balaban J connectivity index is 1.88. The van der Waals surface area contributed by atoms with Crippen molar-refractivity contribution in [2.45, 2.75) is 77.6 Å². The summed E-state index contributed by atoms with van der Waals surface area (Å²) in [4.78, 5) is 23.4. The average molecular weight is 376 g/mol. The van der Waals surface area contributed by atoms with Gasteiger partial charge in [-0.15, -0.1) is 0 Å². The van der Waals surface area contributed by atoms with Crippen LogP contribution in [0.3, 0.4) is 0 Å². The molecule has 1 fully saturated rings. The van der Waals surface area contributed by atoms with E-state index in [2.05, 4.69) is 10.6 Å². The highest BCUT2D eigenvalue weighted by atomic mass is 16.6. The number of hydrogen-bond donors (Lipinski definition) is 3. The van der Waals surface area contributed by atoms with E-state index in [1.165, 1.54) is 6.42 Å². The van der Waals surface area contributed by atoms with Crippen molar-refractivity contribution in [3.8, 4) is 0 Å². The first-order chi connectivity index (χ1) is 12.7. The van der Waals surface area contributed by atoms with Crippen LogP contribution in [-0.2, 0) is 22.6 Å². The zero-order valence-corrected chi connectivity index (χ0v) is 16.6. The molecule has 0 aliphatic heterocycles. The van der Waals surface area contributed by atoms with Gasteiger partial charge in [0.2, 0.25) is 0 Å². The number of aliphatic carboxylic acids is 1. The highest BCUT2D eigenvalue weighted by Gasteiger charge is 2.28. The zero-order valence-electron chi connectivity index (χ0n) is 16.6. The number of hydrogen-bond acceptors (Lipinski definition) is 4. The molecule has 1 atom stereocenters.